The monoisotopic (exact) mass is 297 g/mol. The topological polar surface area (TPSA) is 52.3 Å². The molecule has 2 unspecified atom stereocenters. The van der Waals surface area contributed by atoms with Crippen LogP contribution in [0.4, 0.5) is 4.39 Å². The molecule has 1 aromatic rings. The van der Waals surface area contributed by atoms with Gasteiger partial charge in [0.2, 0.25) is 0 Å². The number of benzene rings is 1. The fraction of sp³-hybridized carbons (Fsp3) is 0.533. The Morgan fingerprint density at radius 1 is 1.55 bits per heavy atom. The number of hydrogen-bond donors (Lipinski definition) is 1. The molecule has 2 N–H and O–H groups in total. The molecular formula is C15H20FNO2S. The summed E-state index contributed by atoms with van der Waals surface area (Å²) in [4.78, 5) is 12.5. The van der Waals surface area contributed by atoms with E-state index in [-0.39, 0.29) is 17.7 Å². The number of esters is 1. The molecule has 0 bridgehead atoms. The van der Waals surface area contributed by atoms with Crippen LogP contribution in [0.1, 0.15) is 25.7 Å². The number of ether oxygens (including phenoxy) is 1. The molecule has 0 spiro atoms. The minimum absolute atomic E-state index is 0.120. The van der Waals surface area contributed by atoms with E-state index in [2.05, 4.69) is 0 Å². The van der Waals surface area contributed by atoms with E-state index < -0.39 is 5.54 Å². The third-order valence-electron chi connectivity index (χ3n) is 4.00. The molecule has 3 nitrogen and oxygen atoms in total. The van der Waals surface area contributed by atoms with Gasteiger partial charge in [0.15, 0.2) is 0 Å². The Morgan fingerprint density at radius 3 is 3.00 bits per heavy atom. The van der Waals surface area contributed by atoms with Crippen molar-refractivity contribution in [3.8, 4) is 0 Å². The lowest BCUT2D eigenvalue weighted by atomic mass is 9.86. The van der Waals surface area contributed by atoms with E-state index in [0.717, 1.165) is 25.0 Å². The largest absolute Gasteiger partial charge is 0.468 e. The predicted molar refractivity (Wildman–Crippen MR) is 78.0 cm³/mol. The fourth-order valence-electron chi connectivity index (χ4n) is 2.84. The number of thioether (sulfide) groups is 1. The fourth-order valence-corrected chi connectivity index (χ4v) is 3.84. The third kappa shape index (κ3) is 3.15. The number of carbonyl (C=O) groups excluding carboxylic acids is 1. The van der Waals surface area contributed by atoms with Crippen LogP contribution in [0.3, 0.4) is 0 Å². The Morgan fingerprint density at radius 2 is 2.30 bits per heavy atom. The van der Waals surface area contributed by atoms with Crippen molar-refractivity contribution >= 4 is 17.7 Å². The van der Waals surface area contributed by atoms with Gasteiger partial charge < -0.3 is 10.5 Å². The first-order chi connectivity index (χ1) is 9.58. The smallest absolute Gasteiger partial charge is 0.326 e. The lowest BCUT2D eigenvalue weighted by Crippen LogP contribution is -2.51. The number of nitrogens with two attached hydrogens (primary N) is 1. The number of hydrogen-bond acceptors (Lipinski definition) is 4. The highest BCUT2D eigenvalue weighted by molar-refractivity contribution is 7.99. The average Bonchev–Trinajstić information content (AvgIpc) is 2.83. The maximum atomic E-state index is 13.5. The third-order valence-corrected chi connectivity index (χ3v) is 5.08. The summed E-state index contributed by atoms with van der Waals surface area (Å²) in [5.74, 6) is 0.350. The molecule has 5 heteroatoms. The van der Waals surface area contributed by atoms with Crippen molar-refractivity contribution in [3.05, 3.63) is 30.1 Å². The highest BCUT2D eigenvalue weighted by atomic mass is 32.2. The van der Waals surface area contributed by atoms with E-state index in [1.54, 1.807) is 12.1 Å². The van der Waals surface area contributed by atoms with Gasteiger partial charge in [-0.3, -0.25) is 4.79 Å². The molecule has 0 aliphatic heterocycles. The van der Waals surface area contributed by atoms with Crippen LogP contribution in [-0.2, 0) is 9.53 Å². The zero-order chi connectivity index (χ0) is 14.6. The standard InChI is InChI=1S/C15H20FNO2S/c1-19-14(18)15(17)9-4-5-11(15)8-10-20-13-7-3-2-6-12(13)16/h2-3,6-7,11H,4-5,8-10,17H2,1H3. The Balaban J connectivity index is 1.91. The molecule has 0 heterocycles. The van der Waals surface area contributed by atoms with Crippen molar-refractivity contribution in [1.29, 1.82) is 0 Å². The molecule has 1 fully saturated rings. The van der Waals surface area contributed by atoms with E-state index in [1.807, 2.05) is 6.07 Å². The molecule has 0 amide bonds. The van der Waals surface area contributed by atoms with Crippen LogP contribution in [0.5, 0.6) is 0 Å². The molecule has 1 aliphatic carbocycles. The van der Waals surface area contributed by atoms with Gasteiger partial charge in [0, 0.05) is 4.90 Å². The van der Waals surface area contributed by atoms with Crippen LogP contribution >= 0.6 is 11.8 Å². The minimum atomic E-state index is -0.857. The summed E-state index contributed by atoms with van der Waals surface area (Å²) in [7, 11) is 1.38. The van der Waals surface area contributed by atoms with Gasteiger partial charge in [-0.05, 0) is 43.1 Å². The van der Waals surface area contributed by atoms with Gasteiger partial charge in [-0.2, -0.15) is 0 Å². The van der Waals surface area contributed by atoms with Crippen molar-refractivity contribution in [3.63, 3.8) is 0 Å². The van der Waals surface area contributed by atoms with Crippen molar-refractivity contribution in [2.24, 2.45) is 11.7 Å². The Hall–Kier alpha value is -1.07. The van der Waals surface area contributed by atoms with E-state index >= 15 is 0 Å². The SMILES string of the molecule is COC(=O)C1(N)CCCC1CCSc1ccccc1F. The first kappa shape index (κ1) is 15.3. The molecule has 1 aromatic carbocycles. The maximum Gasteiger partial charge on any atom is 0.326 e. The molecule has 2 rings (SSSR count). The summed E-state index contributed by atoms with van der Waals surface area (Å²) in [6.45, 7) is 0. The van der Waals surface area contributed by atoms with Gasteiger partial charge in [-0.25, -0.2) is 4.39 Å². The molecule has 1 saturated carbocycles. The van der Waals surface area contributed by atoms with Crippen molar-refractivity contribution in [1.82, 2.24) is 0 Å². The highest BCUT2D eigenvalue weighted by Crippen LogP contribution is 2.38. The Labute approximate surface area is 123 Å². The zero-order valence-electron chi connectivity index (χ0n) is 11.6. The zero-order valence-corrected chi connectivity index (χ0v) is 12.4. The lowest BCUT2D eigenvalue weighted by Gasteiger charge is -2.28. The quantitative estimate of drug-likeness (QED) is 0.670. The van der Waals surface area contributed by atoms with Gasteiger partial charge in [-0.1, -0.05) is 18.6 Å². The first-order valence-corrected chi connectivity index (χ1v) is 7.81. The first-order valence-electron chi connectivity index (χ1n) is 6.82. The number of methoxy groups -OCH3 is 1. The van der Waals surface area contributed by atoms with Gasteiger partial charge >= 0.3 is 5.97 Å². The van der Waals surface area contributed by atoms with Crippen LogP contribution in [0, 0.1) is 11.7 Å². The summed E-state index contributed by atoms with van der Waals surface area (Å²) >= 11 is 1.47. The van der Waals surface area contributed by atoms with E-state index in [9.17, 15) is 9.18 Å². The summed E-state index contributed by atoms with van der Waals surface area (Å²) in [5.41, 5.74) is 5.35. The molecular weight excluding hydrogens is 277 g/mol. The minimum Gasteiger partial charge on any atom is -0.468 e. The predicted octanol–water partition coefficient (Wildman–Crippen LogP) is 2.98. The molecule has 1 aliphatic rings. The maximum absolute atomic E-state index is 13.5. The molecule has 0 saturated heterocycles. The second-order valence-electron chi connectivity index (χ2n) is 5.19. The van der Waals surface area contributed by atoms with Crippen LogP contribution in [0.2, 0.25) is 0 Å². The second kappa shape index (κ2) is 6.59. The van der Waals surface area contributed by atoms with Crippen LogP contribution in [0.25, 0.3) is 0 Å². The van der Waals surface area contributed by atoms with Crippen LogP contribution in [0.15, 0.2) is 29.2 Å². The highest BCUT2D eigenvalue weighted by Gasteiger charge is 2.46. The van der Waals surface area contributed by atoms with E-state index in [1.165, 1.54) is 24.9 Å². The summed E-state index contributed by atoms with van der Waals surface area (Å²) < 4.78 is 18.3. The van der Waals surface area contributed by atoms with Crippen LogP contribution in [-0.4, -0.2) is 24.4 Å². The molecule has 20 heavy (non-hydrogen) atoms. The number of rotatable bonds is 5. The Kier molecular flexibility index (Phi) is 5.05. The van der Waals surface area contributed by atoms with E-state index in [0.29, 0.717) is 11.3 Å². The van der Waals surface area contributed by atoms with Gasteiger partial charge in [0.1, 0.15) is 11.4 Å². The lowest BCUT2D eigenvalue weighted by molar-refractivity contribution is -0.148. The van der Waals surface area contributed by atoms with Gasteiger partial charge in [-0.15, -0.1) is 11.8 Å². The second-order valence-corrected chi connectivity index (χ2v) is 6.33. The normalized spacial score (nSPS) is 25.6. The summed E-state index contributed by atoms with van der Waals surface area (Å²) in [5, 5.41) is 0. The Bertz CT molecular complexity index is 483. The van der Waals surface area contributed by atoms with Crippen molar-refractivity contribution in [2.45, 2.75) is 36.1 Å². The van der Waals surface area contributed by atoms with Gasteiger partial charge in [0.05, 0.1) is 7.11 Å². The van der Waals surface area contributed by atoms with Crippen molar-refractivity contribution < 1.29 is 13.9 Å². The molecule has 0 radical (unpaired) electrons. The molecule has 0 aromatic heterocycles. The number of halogens is 1. The summed E-state index contributed by atoms with van der Waals surface area (Å²) in [6.07, 6.45) is 3.35. The van der Waals surface area contributed by atoms with E-state index in [4.69, 9.17) is 10.5 Å². The van der Waals surface area contributed by atoms with Crippen molar-refractivity contribution in [2.75, 3.05) is 12.9 Å². The molecule has 2 atom stereocenters. The average molecular weight is 297 g/mol. The van der Waals surface area contributed by atoms with Gasteiger partial charge in [0.25, 0.3) is 0 Å². The molecule has 110 valence electrons. The van der Waals surface area contributed by atoms with Crippen LogP contribution < -0.4 is 5.73 Å². The summed E-state index contributed by atoms with van der Waals surface area (Å²) in [6, 6.07) is 6.73. The number of carbonyl (C=O) groups is 1.